The van der Waals surface area contributed by atoms with E-state index in [1.165, 1.54) is 19.3 Å². The normalized spacial score (nSPS) is 11.2. The van der Waals surface area contributed by atoms with Crippen molar-refractivity contribution in [2.24, 2.45) is 11.3 Å². The lowest BCUT2D eigenvalue weighted by Crippen LogP contribution is -2.28. The molecule has 0 heterocycles. The molecule has 0 aliphatic carbocycles. The molecular formula is C23H46O5. The molecule has 0 saturated heterocycles. The summed E-state index contributed by atoms with van der Waals surface area (Å²) in [5.74, 6) is -0.120. The first-order valence-corrected chi connectivity index (χ1v) is 10.8. The van der Waals surface area contributed by atoms with E-state index in [0.29, 0.717) is 6.61 Å². The minimum absolute atomic E-state index is 0.00413. The molecule has 5 nitrogen and oxygen atoms in total. The Morgan fingerprint density at radius 2 is 1.36 bits per heavy atom. The van der Waals surface area contributed by atoms with Crippen LogP contribution in [0.15, 0.2) is 25.3 Å². The highest BCUT2D eigenvalue weighted by Gasteiger charge is 2.25. The summed E-state index contributed by atoms with van der Waals surface area (Å²) in [6, 6.07) is 0. The molecule has 168 valence electrons. The Balaban J connectivity index is 0. The van der Waals surface area contributed by atoms with Crippen LogP contribution in [0.5, 0.6) is 0 Å². The average Bonchev–Trinajstić information content (AvgIpc) is 2.74. The molecule has 0 bridgehead atoms. The summed E-state index contributed by atoms with van der Waals surface area (Å²) in [6.07, 6.45) is 14.5. The number of aliphatic hydroxyl groups is 4. The van der Waals surface area contributed by atoms with Gasteiger partial charge in [0, 0.05) is 17.9 Å². The Labute approximate surface area is 173 Å². The molecule has 0 radical (unpaired) electrons. The molecular weight excluding hydrogens is 356 g/mol. The van der Waals surface area contributed by atoms with Crippen molar-refractivity contribution >= 4 is 0 Å². The molecule has 0 aliphatic rings. The van der Waals surface area contributed by atoms with Crippen molar-refractivity contribution in [3.05, 3.63) is 25.3 Å². The maximum Gasteiger partial charge on any atom is 0.0538 e. The van der Waals surface area contributed by atoms with E-state index in [4.69, 9.17) is 25.2 Å². The van der Waals surface area contributed by atoms with Crippen LogP contribution in [0.2, 0.25) is 0 Å². The summed E-state index contributed by atoms with van der Waals surface area (Å²) < 4.78 is 5.34. The van der Waals surface area contributed by atoms with Gasteiger partial charge in [-0.2, -0.15) is 0 Å². The Bertz CT molecular complexity index is 317. The van der Waals surface area contributed by atoms with Crippen molar-refractivity contribution in [3.8, 4) is 0 Å². The van der Waals surface area contributed by atoms with Gasteiger partial charge in [-0.3, -0.25) is 0 Å². The summed E-state index contributed by atoms with van der Waals surface area (Å²) in [5, 5.41) is 35.9. The van der Waals surface area contributed by atoms with Gasteiger partial charge in [-0.25, -0.2) is 0 Å². The summed E-state index contributed by atoms with van der Waals surface area (Å²) in [7, 11) is 0. The second-order valence-electron chi connectivity index (χ2n) is 7.50. The van der Waals surface area contributed by atoms with Gasteiger partial charge in [0.25, 0.3) is 0 Å². The highest BCUT2D eigenvalue weighted by molar-refractivity contribution is 4.77. The number of allylic oxidation sites excluding steroid dienone is 2. The van der Waals surface area contributed by atoms with E-state index < -0.39 is 0 Å². The van der Waals surface area contributed by atoms with Crippen LogP contribution >= 0.6 is 0 Å². The van der Waals surface area contributed by atoms with Gasteiger partial charge in [-0.15, -0.1) is 13.2 Å². The van der Waals surface area contributed by atoms with Crippen LogP contribution in [0, 0.1) is 11.3 Å². The second kappa shape index (κ2) is 22.6. The van der Waals surface area contributed by atoms with Crippen LogP contribution in [0.3, 0.4) is 0 Å². The molecule has 28 heavy (non-hydrogen) atoms. The molecule has 0 fully saturated rings. The zero-order valence-corrected chi connectivity index (χ0v) is 18.2. The Morgan fingerprint density at radius 3 is 1.82 bits per heavy atom. The van der Waals surface area contributed by atoms with Crippen molar-refractivity contribution in [2.45, 2.75) is 71.1 Å². The van der Waals surface area contributed by atoms with E-state index in [1.807, 2.05) is 19.1 Å². The largest absolute Gasteiger partial charge is 0.396 e. The van der Waals surface area contributed by atoms with E-state index >= 15 is 0 Å². The highest BCUT2D eigenvalue weighted by atomic mass is 16.5. The third-order valence-corrected chi connectivity index (χ3v) is 5.10. The number of aliphatic hydroxyl groups excluding tert-OH is 4. The van der Waals surface area contributed by atoms with Crippen LogP contribution in [0.25, 0.3) is 0 Å². The molecule has 0 amide bonds. The first-order chi connectivity index (χ1) is 13.6. The smallest absolute Gasteiger partial charge is 0.0538 e. The number of unbranched alkanes of at least 4 members (excludes halogenated alkanes) is 6. The number of hydrogen-bond acceptors (Lipinski definition) is 5. The molecule has 0 spiro atoms. The monoisotopic (exact) mass is 402 g/mol. The van der Waals surface area contributed by atoms with Crippen molar-refractivity contribution in [2.75, 3.05) is 39.6 Å². The van der Waals surface area contributed by atoms with E-state index in [2.05, 4.69) is 13.2 Å². The molecule has 4 N–H and O–H groups in total. The fourth-order valence-electron chi connectivity index (χ4n) is 2.66. The lowest BCUT2D eigenvalue weighted by Gasteiger charge is -2.28. The van der Waals surface area contributed by atoms with Gasteiger partial charge in [0.2, 0.25) is 0 Å². The molecule has 0 aromatic rings. The quantitative estimate of drug-likeness (QED) is 0.195. The zero-order chi connectivity index (χ0) is 21.5. The molecule has 0 aromatic heterocycles. The standard InChI is InChI=1S/C12H24O3.C11H22O2/c1-2-3-4-5-6-7-8-15-11-12(9-13)10-14;1-3-5-6-7-8-11(4-2,9-12)10-13/h2,12-14H,1,3-11H2;3,12-13H,1,4-10H2,2H3. The van der Waals surface area contributed by atoms with E-state index in [1.54, 1.807) is 0 Å². The van der Waals surface area contributed by atoms with Gasteiger partial charge < -0.3 is 25.2 Å². The fourth-order valence-corrected chi connectivity index (χ4v) is 2.66. The first-order valence-electron chi connectivity index (χ1n) is 10.8. The van der Waals surface area contributed by atoms with Gasteiger partial charge in [0.1, 0.15) is 0 Å². The lowest BCUT2D eigenvalue weighted by molar-refractivity contribution is 0.0418. The Hall–Kier alpha value is -0.720. The molecule has 5 heteroatoms. The zero-order valence-electron chi connectivity index (χ0n) is 18.2. The molecule has 0 rings (SSSR count). The summed E-state index contributed by atoms with van der Waals surface area (Å²) in [4.78, 5) is 0. The molecule has 0 unspecified atom stereocenters. The van der Waals surface area contributed by atoms with Gasteiger partial charge in [-0.1, -0.05) is 38.3 Å². The van der Waals surface area contributed by atoms with Gasteiger partial charge in [0.05, 0.1) is 33.0 Å². The molecule has 0 saturated carbocycles. The van der Waals surface area contributed by atoms with E-state index in [0.717, 1.165) is 51.6 Å². The average molecular weight is 403 g/mol. The SMILES string of the molecule is C=CCCCCC(CC)(CO)CO.C=CCCCCCCOCC(CO)CO. The topological polar surface area (TPSA) is 90.2 Å². The number of hydrogen-bond donors (Lipinski definition) is 4. The maximum atomic E-state index is 9.15. The predicted molar refractivity (Wildman–Crippen MR) is 117 cm³/mol. The third-order valence-electron chi connectivity index (χ3n) is 5.10. The van der Waals surface area contributed by atoms with Crippen molar-refractivity contribution in [1.29, 1.82) is 0 Å². The predicted octanol–water partition coefficient (Wildman–Crippen LogP) is 3.85. The lowest BCUT2D eigenvalue weighted by atomic mass is 9.82. The van der Waals surface area contributed by atoms with Gasteiger partial charge in [-0.05, 0) is 44.9 Å². The van der Waals surface area contributed by atoms with Crippen LogP contribution in [-0.2, 0) is 4.74 Å². The van der Waals surface area contributed by atoms with Gasteiger partial charge in [0.15, 0.2) is 0 Å². The fraction of sp³-hybridized carbons (Fsp3) is 0.826. The maximum absolute atomic E-state index is 9.15. The molecule has 0 atom stereocenters. The summed E-state index contributed by atoms with van der Waals surface area (Å²) in [5.41, 5.74) is -0.249. The van der Waals surface area contributed by atoms with Crippen molar-refractivity contribution in [3.63, 3.8) is 0 Å². The Kier molecular flexibility index (Phi) is 23.8. The van der Waals surface area contributed by atoms with E-state index in [-0.39, 0.29) is 37.8 Å². The van der Waals surface area contributed by atoms with E-state index in [9.17, 15) is 0 Å². The Morgan fingerprint density at radius 1 is 0.821 bits per heavy atom. The number of ether oxygens (including phenoxy) is 1. The van der Waals surface area contributed by atoms with Crippen LogP contribution < -0.4 is 0 Å². The van der Waals surface area contributed by atoms with Crippen LogP contribution in [0.1, 0.15) is 71.1 Å². The van der Waals surface area contributed by atoms with Crippen LogP contribution in [-0.4, -0.2) is 60.1 Å². The van der Waals surface area contributed by atoms with Crippen molar-refractivity contribution < 1.29 is 25.2 Å². The number of rotatable bonds is 19. The third kappa shape index (κ3) is 17.4. The highest BCUT2D eigenvalue weighted by Crippen LogP contribution is 2.27. The first kappa shape index (κ1) is 29.5. The second-order valence-corrected chi connectivity index (χ2v) is 7.50. The van der Waals surface area contributed by atoms with Crippen molar-refractivity contribution in [1.82, 2.24) is 0 Å². The van der Waals surface area contributed by atoms with Crippen LogP contribution in [0.4, 0.5) is 0 Å². The molecule has 0 aromatic carbocycles. The minimum Gasteiger partial charge on any atom is -0.396 e. The molecule has 0 aliphatic heterocycles. The summed E-state index contributed by atoms with van der Waals surface area (Å²) in [6.45, 7) is 10.7. The minimum atomic E-state index is -0.249. The summed E-state index contributed by atoms with van der Waals surface area (Å²) >= 11 is 0. The van der Waals surface area contributed by atoms with Gasteiger partial charge >= 0.3 is 0 Å².